The van der Waals surface area contributed by atoms with Crippen molar-refractivity contribution in [2.24, 2.45) is 0 Å². The van der Waals surface area contributed by atoms with Gasteiger partial charge >= 0.3 is 0 Å². The average molecular weight is 540 g/mol. The van der Waals surface area contributed by atoms with E-state index in [-0.39, 0.29) is 35.3 Å². The van der Waals surface area contributed by atoms with Crippen LogP contribution in [0.5, 0.6) is 0 Å². The fourth-order valence-corrected chi connectivity index (χ4v) is 7.75. The topological polar surface area (TPSA) is 142 Å². The molecule has 0 spiro atoms. The normalized spacial score (nSPS) is 17.0. The van der Waals surface area contributed by atoms with E-state index in [9.17, 15) is 21.6 Å². The first-order valence-electron chi connectivity index (χ1n) is 11.7. The highest BCUT2D eigenvalue weighted by molar-refractivity contribution is 7.92. The summed E-state index contributed by atoms with van der Waals surface area (Å²) in [6, 6.07) is 16.0. The maximum Gasteiger partial charge on any atom is 0.253 e. The fraction of sp³-hybridized carbons (Fsp3) is 0.240. The van der Waals surface area contributed by atoms with Crippen LogP contribution in [-0.4, -0.2) is 60.6 Å². The lowest BCUT2D eigenvalue weighted by Crippen LogP contribution is -2.45. The van der Waals surface area contributed by atoms with E-state index in [1.165, 1.54) is 34.8 Å². The number of pyridine rings is 1. The van der Waals surface area contributed by atoms with Gasteiger partial charge in [0.25, 0.3) is 5.91 Å². The summed E-state index contributed by atoms with van der Waals surface area (Å²) in [5.74, 6) is -0.311. The minimum atomic E-state index is -3.77. The molecule has 2 aromatic heterocycles. The monoisotopic (exact) mass is 539 g/mol. The number of nitrogens with one attached hydrogen (secondary N) is 2. The number of aromatic nitrogens is 3. The number of sulfonamides is 1. The molecule has 1 fully saturated rings. The minimum Gasteiger partial charge on any atom is -0.348 e. The van der Waals surface area contributed by atoms with Crippen molar-refractivity contribution in [2.45, 2.75) is 34.4 Å². The molecule has 0 radical (unpaired) electrons. The molecular formula is C25H25N5O5S2. The zero-order valence-electron chi connectivity index (χ0n) is 19.7. The fourth-order valence-electron chi connectivity index (χ4n) is 4.35. The number of carbonyl (C=O) groups is 1. The van der Waals surface area contributed by atoms with Gasteiger partial charge in [0.15, 0.2) is 15.5 Å². The number of nitrogens with zero attached hydrogens (tertiary/aromatic N) is 3. The predicted octanol–water partition coefficient (Wildman–Crippen LogP) is 2.51. The second-order valence-corrected chi connectivity index (χ2v) is 13.0. The van der Waals surface area contributed by atoms with Crippen molar-refractivity contribution in [1.82, 2.24) is 24.8 Å². The van der Waals surface area contributed by atoms with Gasteiger partial charge in [0.2, 0.25) is 10.0 Å². The molecule has 37 heavy (non-hydrogen) atoms. The molecule has 1 aliphatic rings. The van der Waals surface area contributed by atoms with Crippen molar-refractivity contribution in [3.05, 3.63) is 84.2 Å². The molecule has 1 unspecified atom stereocenters. The lowest BCUT2D eigenvalue weighted by Gasteiger charge is -2.31. The molecule has 0 saturated carbocycles. The van der Waals surface area contributed by atoms with Gasteiger partial charge in [-0.15, -0.1) is 0 Å². The molecule has 10 nitrogen and oxygen atoms in total. The van der Waals surface area contributed by atoms with E-state index in [0.29, 0.717) is 24.1 Å². The Kier molecular flexibility index (Phi) is 6.80. The van der Waals surface area contributed by atoms with Crippen LogP contribution in [0.4, 0.5) is 0 Å². The number of hydrogen-bond acceptors (Lipinski definition) is 7. The third-order valence-electron chi connectivity index (χ3n) is 6.42. The van der Waals surface area contributed by atoms with Crippen molar-refractivity contribution in [2.75, 3.05) is 13.1 Å². The average Bonchev–Trinajstić information content (AvgIpc) is 3.40. The van der Waals surface area contributed by atoms with Crippen LogP contribution in [0.15, 0.2) is 82.8 Å². The van der Waals surface area contributed by atoms with Crippen LogP contribution in [0.2, 0.25) is 0 Å². The van der Waals surface area contributed by atoms with Crippen LogP contribution in [0, 0.1) is 0 Å². The van der Waals surface area contributed by atoms with Crippen molar-refractivity contribution in [3.63, 3.8) is 0 Å². The lowest BCUT2D eigenvalue weighted by atomic mass is 10.2. The standard InChI is InChI=1S/C25H25N5O5S2/c31-25(20-13-19-16-28-29-24(19)26-15-20)27-14-18-8-10-21(11-9-18)36(32,33)23-7-4-12-30(17-23)37(34,35)22-5-2-1-3-6-22/h1-3,5-6,8-11,13,15-16,23H,4,7,12,14,17H2,(H,27,31)(H,26,28,29). The van der Waals surface area contributed by atoms with Crippen LogP contribution in [0.3, 0.4) is 0 Å². The molecule has 0 aliphatic carbocycles. The summed E-state index contributed by atoms with van der Waals surface area (Å²) in [4.78, 5) is 16.9. The van der Waals surface area contributed by atoms with Gasteiger partial charge in [0.05, 0.1) is 26.8 Å². The summed E-state index contributed by atoms with van der Waals surface area (Å²) in [6.07, 6.45) is 3.88. The number of amides is 1. The Labute approximate surface area is 214 Å². The molecule has 1 atom stereocenters. The van der Waals surface area contributed by atoms with Crippen LogP contribution >= 0.6 is 0 Å². The quantitative estimate of drug-likeness (QED) is 0.367. The zero-order valence-corrected chi connectivity index (χ0v) is 21.4. The van der Waals surface area contributed by atoms with E-state index in [4.69, 9.17) is 0 Å². The molecule has 192 valence electrons. The van der Waals surface area contributed by atoms with Crippen LogP contribution in [-0.2, 0) is 26.4 Å². The first-order chi connectivity index (χ1) is 17.7. The van der Waals surface area contributed by atoms with Gasteiger partial charge in [-0.25, -0.2) is 21.8 Å². The first kappa shape index (κ1) is 25.1. The molecule has 12 heteroatoms. The smallest absolute Gasteiger partial charge is 0.253 e. The predicted molar refractivity (Wildman–Crippen MR) is 137 cm³/mol. The maximum atomic E-state index is 13.3. The molecule has 1 amide bonds. The van der Waals surface area contributed by atoms with Gasteiger partial charge in [0.1, 0.15) is 0 Å². The van der Waals surface area contributed by atoms with Gasteiger partial charge in [-0.3, -0.25) is 9.89 Å². The SMILES string of the molecule is O=C(NCc1ccc(S(=O)(=O)C2CCCN(S(=O)(=O)c3ccccc3)C2)cc1)c1cnc2[nH]ncc2c1. The highest BCUT2D eigenvalue weighted by Crippen LogP contribution is 2.27. The molecule has 1 saturated heterocycles. The Hall–Kier alpha value is -3.61. The van der Waals surface area contributed by atoms with Gasteiger partial charge in [-0.05, 0) is 48.7 Å². The third-order valence-corrected chi connectivity index (χ3v) is 10.5. The highest BCUT2D eigenvalue weighted by atomic mass is 32.2. The number of carbonyl (C=O) groups excluding carboxylic acids is 1. The maximum absolute atomic E-state index is 13.3. The summed E-state index contributed by atoms with van der Waals surface area (Å²) in [5.41, 5.74) is 1.70. The Morgan fingerprint density at radius 2 is 1.76 bits per heavy atom. The van der Waals surface area contributed by atoms with Crippen LogP contribution in [0.25, 0.3) is 11.0 Å². The number of benzene rings is 2. The highest BCUT2D eigenvalue weighted by Gasteiger charge is 2.37. The molecule has 3 heterocycles. The largest absolute Gasteiger partial charge is 0.348 e. The summed E-state index contributed by atoms with van der Waals surface area (Å²) in [6.45, 7) is 0.395. The molecule has 2 N–H and O–H groups in total. The number of H-pyrrole nitrogens is 1. The van der Waals surface area contributed by atoms with E-state index in [2.05, 4.69) is 20.5 Å². The summed E-state index contributed by atoms with van der Waals surface area (Å²) in [7, 11) is -7.53. The Morgan fingerprint density at radius 3 is 2.51 bits per heavy atom. The van der Waals surface area contributed by atoms with E-state index < -0.39 is 25.1 Å². The Balaban J connectivity index is 1.25. The number of piperidine rings is 1. The van der Waals surface area contributed by atoms with E-state index in [0.717, 1.165) is 10.9 Å². The molecule has 5 rings (SSSR count). The number of sulfone groups is 1. The zero-order chi connectivity index (χ0) is 26.0. The lowest BCUT2D eigenvalue weighted by molar-refractivity contribution is 0.0950. The van der Waals surface area contributed by atoms with Crippen LogP contribution < -0.4 is 5.32 Å². The van der Waals surface area contributed by atoms with Gasteiger partial charge < -0.3 is 5.32 Å². The van der Waals surface area contributed by atoms with Gasteiger partial charge in [-0.1, -0.05) is 30.3 Å². The molecular weight excluding hydrogens is 514 g/mol. The summed E-state index contributed by atoms with van der Waals surface area (Å²) in [5, 5.41) is 9.30. The van der Waals surface area contributed by atoms with E-state index >= 15 is 0 Å². The molecule has 0 bridgehead atoms. The van der Waals surface area contributed by atoms with E-state index in [1.54, 1.807) is 42.6 Å². The second kappa shape index (κ2) is 10.0. The molecule has 4 aromatic rings. The number of fused-ring (bicyclic) bond motifs is 1. The summed E-state index contributed by atoms with van der Waals surface area (Å²) < 4.78 is 54.0. The minimum absolute atomic E-state index is 0.0909. The van der Waals surface area contributed by atoms with Gasteiger partial charge in [-0.2, -0.15) is 9.40 Å². The summed E-state index contributed by atoms with van der Waals surface area (Å²) >= 11 is 0. The van der Waals surface area contributed by atoms with Crippen molar-refractivity contribution in [1.29, 1.82) is 0 Å². The Bertz CT molecular complexity index is 1640. The number of rotatable bonds is 7. The third kappa shape index (κ3) is 5.13. The second-order valence-electron chi connectivity index (χ2n) is 8.84. The molecule has 2 aromatic carbocycles. The number of hydrogen-bond donors (Lipinski definition) is 2. The first-order valence-corrected chi connectivity index (χ1v) is 14.7. The van der Waals surface area contributed by atoms with E-state index in [1.807, 2.05) is 0 Å². The van der Waals surface area contributed by atoms with Crippen molar-refractivity contribution in [3.8, 4) is 0 Å². The van der Waals surface area contributed by atoms with Crippen molar-refractivity contribution < 1.29 is 21.6 Å². The van der Waals surface area contributed by atoms with Crippen molar-refractivity contribution >= 4 is 36.8 Å². The van der Waals surface area contributed by atoms with Gasteiger partial charge in [0, 0.05) is 31.2 Å². The number of aromatic amines is 1. The van der Waals surface area contributed by atoms with Crippen LogP contribution in [0.1, 0.15) is 28.8 Å². The molecule has 1 aliphatic heterocycles. The Morgan fingerprint density at radius 1 is 1.00 bits per heavy atom.